The lowest BCUT2D eigenvalue weighted by molar-refractivity contribution is -0.141. The van der Waals surface area contributed by atoms with Gasteiger partial charge >= 0.3 is 33.6 Å². The minimum Gasteiger partial charge on any atom is -0.469 e. The quantitative estimate of drug-likeness (QED) is 0.378. The van der Waals surface area contributed by atoms with Crippen LogP contribution in [0, 0.1) is 0 Å². The number of carbonyl (C=O) groups is 2. The number of rotatable bonds is 4. The lowest BCUT2D eigenvalue weighted by Gasteiger charge is -2.39. The molecule has 14 heteroatoms. The molecule has 31 heavy (non-hydrogen) atoms. The normalized spacial score (nSPS) is 18.5. The SMILES string of the molecule is COC(=O)/C=C1/Cc2ccc(C(F)(F)F)cc2N(S(=O)(=O)C(F)(F)F)[C@H]1CC(=O)OC. The zero-order chi connectivity index (χ0) is 23.8. The number of esters is 2. The molecule has 2 rings (SSSR count). The van der Waals surface area contributed by atoms with Crippen LogP contribution in [0.15, 0.2) is 29.8 Å². The Hall–Kier alpha value is -2.77. The summed E-state index contributed by atoms with van der Waals surface area (Å²) in [5.74, 6) is -2.22. The Labute approximate surface area is 172 Å². The summed E-state index contributed by atoms with van der Waals surface area (Å²) in [5, 5.41) is 0. The zero-order valence-electron chi connectivity index (χ0n) is 15.9. The Morgan fingerprint density at radius 2 is 1.74 bits per heavy atom. The number of sulfonamides is 1. The molecule has 0 saturated heterocycles. The predicted molar refractivity (Wildman–Crippen MR) is 93.1 cm³/mol. The van der Waals surface area contributed by atoms with E-state index in [1.807, 2.05) is 0 Å². The first kappa shape index (κ1) is 24.5. The molecule has 0 aliphatic carbocycles. The van der Waals surface area contributed by atoms with E-state index in [1.165, 1.54) is 0 Å². The van der Waals surface area contributed by atoms with Crippen LogP contribution in [-0.2, 0) is 41.7 Å². The van der Waals surface area contributed by atoms with Gasteiger partial charge in [-0.15, -0.1) is 0 Å². The Kier molecular flexibility index (Phi) is 6.64. The highest BCUT2D eigenvalue weighted by molar-refractivity contribution is 7.93. The van der Waals surface area contributed by atoms with Crippen molar-refractivity contribution in [3.8, 4) is 0 Å². The average Bonchev–Trinajstić information content (AvgIpc) is 2.65. The molecule has 1 aliphatic rings. The molecule has 0 unspecified atom stereocenters. The maximum Gasteiger partial charge on any atom is 0.516 e. The number of anilines is 1. The fraction of sp³-hybridized carbons (Fsp3) is 0.412. The van der Waals surface area contributed by atoms with Crippen molar-refractivity contribution in [2.75, 3.05) is 18.5 Å². The number of methoxy groups -OCH3 is 2. The van der Waals surface area contributed by atoms with Gasteiger partial charge in [0.15, 0.2) is 0 Å². The second-order valence-electron chi connectivity index (χ2n) is 6.30. The lowest BCUT2D eigenvalue weighted by Crippen LogP contribution is -2.51. The standard InChI is InChI=1S/C17H15F6NO6S/c1-29-14(25)6-10-5-9-3-4-11(16(18,19)20)7-12(9)24(13(10)8-15(26)30-2)31(27,28)17(21,22)23/h3-4,6-7,13H,5,8H2,1-2H3/b10-6-/t13-/m0/s1. The summed E-state index contributed by atoms with van der Waals surface area (Å²) >= 11 is 0. The molecule has 0 amide bonds. The fourth-order valence-corrected chi connectivity index (χ4v) is 4.17. The highest BCUT2D eigenvalue weighted by Gasteiger charge is 2.54. The van der Waals surface area contributed by atoms with E-state index in [-0.39, 0.29) is 21.5 Å². The molecule has 0 radical (unpaired) electrons. The van der Waals surface area contributed by atoms with Gasteiger partial charge in [0, 0.05) is 6.08 Å². The van der Waals surface area contributed by atoms with E-state index >= 15 is 0 Å². The highest BCUT2D eigenvalue weighted by atomic mass is 32.2. The number of alkyl halides is 6. The number of ether oxygens (including phenoxy) is 2. The molecule has 0 bridgehead atoms. The van der Waals surface area contributed by atoms with Gasteiger partial charge in [0.05, 0.1) is 37.9 Å². The molecule has 1 atom stereocenters. The summed E-state index contributed by atoms with van der Waals surface area (Å²) in [4.78, 5) is 23.5. The van der Waals surface area contributed by atoms with Crippen molar-refractivity contribution in [3.63, 3.8) is 0 Å². The topological polar surface area (TPSA) is 90.0 Å². The molecule has 1 aromatic rings. The van der Waals surface area contributed by atoms with E-state index in [4.69, 9.17) is 0 Å². The maximum atomic E-state index is 13.4. The van der Waals surface area contributed by atoms with Gasteiger partial charge in [-0.25, -0.2) is 4.79 Å². The van der Waals surface area contributed by atoms with Gasteiger partial charge in [0.25, 0.3) is 0 Å². The third kappa shape index (κ3) is 4.94. The number of benzene rings is 1. The Morgan fingerprint density at radius 1 is 1.13 bits per heavy atom. The lowest BCUT2D eigenvalue weighted by atomic mass is 9.89. The molecule has 0 saturated carbocycles. The fourth-order valence-electron chi connectivity index (χ4n) is 2.97. The number of halogens is 6. The van der Waals surface area contributed by atoms with Crippen LogP contribution in [0.25, 0.3) is 0 Å². The van der Waals surface area contributed by atoms with Gasteiger partial charge in [0.1, 0.15) is 0 Å². The van der Waals surface area contributed by atoms with Crippen molar-refractivity contribution in [2.24, 2.45) is 0 Å². The van der Waals surface area contributed by atoms with Crippen LogP contribution >= 0.6 is 0 Å². The minimum absolute atomic E-state index is 0.239. The monoisotopic (exact) mass is 475 g/mol. The van der Waals surface area contributed by atoms with E-state index in [9.17, 15) is 44.3 Å². The van der Waals surface area contributed by atoms with E-state index in [2.05, 4.69) is 9.47 Å². The summed E-state index contributed by atoms with van der Waals surface area (Å²) in [5.41, 5.74) is -8.76. The molecule has 1 aromatic carbocycles. The largest absolute Gasteiger partial charge is 0.516 e. The molecule has 172 valence electrons. The first-order chi connectivity index (χ1) is 14.1. The van der Waals surface area contributed by atoms with Crippen LogP contribution in [0.3, 0.4) is 0 Å². The van der Waals surface area contributed by atoms with Crippen molar-refractivity contribution in [2.45, 2.75) is 30.6 Å². The third-order valence-electron chi connectivity index (χ3n) is 4.40. The van der Waals surface area contributed by atoms with E-state index in [1.54, 1.807) is 0 Å². The smallest absolute Gasteiger partial charge is 0.469 e. The van der Waals surface area contributed by atoms with Crippen LogP contribution in [0.4, 0.5) is 32.0 Å². The number of carbonyl (C=O) groups excluding carboxylic acids is 2. The Bertz CT molecular complexity index is 1010. The molecule has 0 spiro atoms. The molecule has 7 nitrogen and oxygen atoms in total. The van der Waals surface area contributed by atoms with Gasteiger partial charge in [-0.2, -0.15) is 34.8 Å². The minimum atomic E-state index is -6.29. The number of hydrogen-bond donors (Lipinski definition) is 0. The van der Waals surface area contributed by atoms with Crippen molar-refractivity contribution < 1.29 is 53.8 Å². The average molecular weight is 475 g/mol. The van der Waals surface area contributed by atoms with E-state index in [0.717, 1.165) is 20.3 Å². The summed E-state index contributed by atoms with van der Waals surface area (Å²) in [6, 6.07) is -0.365. The number of fused-ring (bicyclic) bond motifs is 1. The highest BCUT2D eigenvalue weighted by Crippen LogP contribution is 2.44. The molecule has 0 N–H and O–H groups in total. The molecule has 0 fully saturated rings. The van der Waals surface area contributed by atoms with Crippen molar-refractivity contribution in [1.29, 1.82) is 0 Å². The Morgan fingerprint density at radius 3 is 2.23 bits per heavy atom. The summed E-state index contributed by atoms with van der Waals surface area (Å²) in [6.07, 6.45) is -5.70. The van der Waals surface area contributed by atoms with E-state index < -0.39 is 63.8 Å². The van der Waals surface area contributed by atoms with Crippen LogP contribution in [-0.4, -0.2) is 46.1 Å². The molecule has 1 aliphatic heterocycles. The van der Waals surface area contributed by atoms with Gasteiger partial charge in [-0.05, 0) is 29.7 Å². The van der Waals surface area contributed by atoms with Crippen molar-refractivity contribution in [3.05, 3.63) is 41.0 Å². The predicted octanol–water partition coefficient (Wildman–Crippen LogP) is 2.95. The number of nitrogens with zero attached hydrogens (tertiary/aromatic N) is 1. The Balaban J connectivity index is 2.86. The van der Waals surface area contributed by atoms with Crippen LogP contribution < -0.4 is 4.31 Å². The van der Waals surface area contributed by atoms with Gasteiger partial charge in [-0.3, -0.25) is 9.10 Å². The summed E-state index contributed by atoms with van der Waals surface area (Å²) in [7, 11) is -4.46. The molecular weight excluding hydrogens is 460 g/mol. The molecule has 1 heterocycles. The zero-order valence-corrected chi connectivity index (χ0v) is 16.7. The molecular formula is C17H15F6NO6S. The second-order valence-corrected chi connectivity index (χ2v) is 8.11. The van der Waals surface area contributed by atoms with Crippen LogP contribution in [0.1, 0.15) is 17.5 Å². The summed E-state index contributed by atoms with van der Waals surface area (Å²) in [6.45, 7) is 0. The van der Waals surface area contributed by atoms with Gasteiger partial charge in [0.2, 0.25) is 0 Å². The van der Waals surface area contributed by atoms with Gasteiger partial charge < -0.3 is 9.47 Å². The maximum absolute atomic E-state index is 13.4. The van der Waals surface area contributed by atoms with Gasteiger partial charge in [-0.1, -0.05) is 6.07 Å². The first-order valence-electron chi connectivity index (χ1n) is 8.29. The van der Waals surface area contributed by atoms with Crippen molar-refractivity contribution >= 4 is 27.6 Å². The molecule has 0 aromatic heterocycles. The van der Waals surface area contributed by atoms with Crippen LogP contribution in [0.2, 0.25) is 0 Å². The summed E-state index contributed by atoms with van der Waals surface area (Å²) < 4.78 is 113. The van der Waals surface area contributed by atoms with Crippen molar-refractivity contribution in [1.82, 2.24) is 0 Å². The van der Waals surface area contributed by atoms with E-state index in [0.29, 0.717) is 12.1 Å². The van der Waals surface area contributed by atoms with Crippen LogP contribution in [0.5, 0.6) is 0 Å². The first-order valence-corrected chi connectivity index (χ1v) is 9.73. The second kappa shape index (κ2) is 8.40. The number of hydrogen-bond acceptors (Lipinski definition) is 6. The third-order valence-corrected chi connectivity index (χ3v) is 5.95.